The van der Waals surface area contributed by atoms with E-state index in [1.807, 2.05) is 30.3 Å². The van der Waals surface area contributed by atoms with E-state index in [0.717, 1.165) is 10.5 Å². The summed E-state index contributed by atoms with van der Waals surface area (Å²) in [5, 5.41) is 22.4. The molecule has 0 aromatic heterocycles. The standard InChI is InChI=1S/C40H56N10O9/c1-24(2)34(41)38(58)48-28(15-9-17-44-40(42)43)35(55)45-22-32(52)47-30(21-33(53)54)39(59)50-18-10-16-31(50)37(57)49-29(20-26-13-7-4-8-14-26)36(56)46-27(23-51)19-25-11-5-3-6-12-25/h3-8,11-14,23-24,27-31,34H,9-10,15-22,41H2,1-2H3,(H,45,55)(H,46,56)(H,47,52)(H,48,58)(H,49,57)(H,53,54)(H4,42,43,44)/t27-,28+,29+,30+,31-,34+/m1/s1. The van der Waals surface area contributed by atoms with Gasteiger partial charge in [-0.25, -0.2) is 0 Å². The minimum absolute atomic E-state index is 0.0548. The number of nitrogens with zero attached hydrogens (tertiary/aromatic N) is 2. The molecule has 0 unspecified atom stereocenters. The zero-order valence-electron chi connectivity index (χ0n) is 33.3. The SMILES string of the molecule is CC(C)[C@H](N)C(=O)N[C@@H](CCCN=C(N)N)C(=O)NCC(=O)N[C@@H](CC(=O)O)C(=O)N1CCC[C@@H]1C(=O)N[C@@H](Cc1ccccc1)C(=O)N[C@@H](C=O)Cc1ccccc1. The molecule has 59 heavy (non-hydrogen) atoms. The maximum absolute atomic E-state index is 13.9. The zero-order valence-corrected chi connectivity index (χ0v) is 33.3. The second kappa shape index (κ2) is 23.8. The van der Waals surface area contributed by atoms with Crippen LogP contribution in [0.2, 0.25) is 0 Å². The number of guanidine groups is 1. The fourth-order valence-electron chi connectivity index (χ4n) is 6.37. The normalized spacial score (nSPS) is 16.0. The molecule has 2 aromatic carbocycles. The van der Waals surface area contributed by atoms with E-state index in [1.165, 1.54) is 0 Å². The molecule has 0 bridgehead atoms. The maximum atomic E-state index is 13.9. The van der Waals surface area contributed by atoms with E-state index < -0.39 is 90.6 Å². The van der Waals surface area contributed by atoms with Crippen molar-refractivity contribution in [2.45, 2.75) is 95.0 Å². The Morgan fingerprint density at radius 3 is 2.03 bits per heavy atom. The molecule has 0 aliphatic carbocycles. The molecule has 0 radical (unpaired) electrons. The summed E-state index contributed by atoms with van der Waals surface area (Å²) in [6, 6.07) is 11.1. The summed E-state index contributed by atoms with van der Waals surface area (Å²) in [7, 11) is 0. The van der Waals surface area contributed by atoms with Gasteiger partial charge in [0.25, 0.3) is 0 Å². The highest BCUT2D eigenvalue weighted by atomic mass is 16.4. The molecule has 3 rings (SSSR count). The fourth-order valence-corrected chi connectivity index (χ4v) is 6.37. The lowest BCUT2D eigenvalue weighted by Crippen LogP contribution is -2.58. The summed E-state index contributed by atoms with van der Waals surface area (Å²) in [6.45, 7) is 2.98. The van der Waals surface area contributed by atoms with Crippen molar-refractivity contribution in [3.63, 3.8) is 0 Å². The largest absolute Gasteiger partial charge is 0.481 e. The van der Waals surface area contributed by atoms with Crippen LogP contribution in [0.25, 0.3) is 0 Å². The smallest absolute Gasteiger partial charge is 0.305 e. The number of hydrogen-bond donors (Lipinski definition) is 9. The first kappa shape index (κ1) is 47.0. The first-order chi connectivity index (χ1) is 28.1. The van der Waals surface area contributed by atoms with E-state index in [-0.39, 0.29) is 57.1 Å². The Hall–Kier alpha value is -6.37. The van der Waals surface area contributed by atoms with Gasteiger partial charge < -0.3 is 58.6 Å². The number of carbonyl (C=O) groups excluding carboxylic acids is 7. The molecule has 320 valence electrons. The highest BCUT2D eigenvalue weighted by molar-refractivity contribution is 5.97. The number of carboxylic acid groups (broad SMARTS) is 1. The summed E-state index contributed by atoms with van der Waals surface area (Å²) in [5.41, 5.74) is 18.2. The fraction of sp³-hybridized carbons (Fsp3) is 0.475. The summed E-state index contributed by atoms with van der Waals surface area (Å²) in [6.07, 6.45) is 0.968. The number of benzene rings is 2. The van der Waals surface area contributed by atoms with Gasteiger partial charge in [-0.15, -0.1) is 0 Å². The van der Waals surface area contributed by atoms with Gasteiger partial charge in [-0.3, -0.25) is 38.6 Å². The molecule has 1 aliphatic rings. The Morgan fingerprint density at radius 2 is 1.46 bits per heavy atom. The van der Waals surface area contributed by atoms with Crippen molar-refractivity contribution in [3.05, 3.63) is 71.8 Å². The van der Waals surface area contributed by atoms with E-state index in [9.17, 15) is 43.5 Å². The van der Waals surface area contributed by atoms with Gasteiger partial charge in [0.05, 0.1) is 25.0 Å². The Labute approximate surface area is 342 Å². The molecular formula is C40H56N10O9. The van der Waals surface area contributed by atoms with Gasteiger partial charge >= 0.3 is 5.97 Å². The van der Waals surface area contributed by atoms with Crippen LogP contribution in [0.4, 0.5) is 0 Å². The van der Waals surface area contributed by atoms with Crippen LogP contribution in [0.15, 0.2) is 65.7 Å². The predicted octanol–water partition coefficient (Wildman–Crippen LogP) is -1.77. The molecule has 1 fully saturated rings. The highest BCUT2D eigenvalue weighted by Gasteiger charge is 2.40. The molecule has 19 nitrogen and oxygen atoms in total. The molecule has 6 amide bonds. The second-order valence-electron chi connectivity index (χ2n) is 14.6. The third-order valence-electron chi connectivity index (χ3n) is 9.58. The average Bonchev–Trinajstić information content (AvgIpc) is 3.70. The van der Waals surface area contributed by atoms with Crippen molar-refractivity contribution >= 4 is 53.7 Å². The number of aliphatic carboxylic acids is 1. The molecule has 1 saturated heterocycles. The van der Waals surface area contributed by atoms with Crippen LogP contribution in [-0.2, 0) is 51.2 Å². The zero-order chi connectivity index (χ0) is 43.5. The second-order valence-corrected chi connectivity index (χ2v) is 14.6. The van der Waals surface area contributed by atoms with Crippen LogP contribution in [0.3, 0.4) is 0 Å². The summed E-state index contributed by atoms with van der Waals surface area (Å²) in [4.78, 5) is 109. The lowest BCUT2D eigenvalue weighted by atomic mass is 10.0. The number of aldehydes is 1. The van der Waals surface area contributed by atoms with Gasteiger partial charge in [0, 0.05) is 19.5 Å². The number of aliphatic imine (C=N–C) groups is 1. The summed E-state index contributed by atoms with van der Waals surface area (Å²) >= 11 is 0. The lowest BCUT2D eigenvalue weighted by Gasteiger charge is -2.29. The molecule has 1 heterocycles. The molecule has 12 N–H and O–H groups in total. The van der Waals surface area contributed by atoms with Gasteiger partial charge in [0.2, 0.25) is 35.4 Å². The molecule has 6 atom stereocenters. The predicted molar refractivity (Wildman–Crippen MR) is 217 cm³/mol. The van der Waals surface area contributed by atoms with Gasteiger partial charge in [0.15, 0.2) is 5.96 Å². The Bertz CT molecular complexity index is 1790. The van der Waals surface area contributed by atoms with Crippen LogP contribution >= 0.6 is 0 Å². The molecule has 2 aromatic rings. The molecule has 19 heteroatoms. The number of rotatable bonds is 23. The number of amides is 6. The minimum Gasteiger partial charge on any atom is -0.481 e. The minimum atomic E-state index is -1.63. The van der Waals surface area contributed by atoms with Gasteiger partial charge in [-0.2, -0.15) is 0 Å². The average molecular weight is 821 g/mol. The first-order valence-corrected chi connectivity index (χ1v) is 19.4. The summed E-state index contributed by atoms with van der Waals surface area (Å²) < 4.78 is 0. The van der Waals surface area contributed by atoms with Crippen LogP contribution in [0.5, 0.6) is 0 Å². The van der Waals surface area contributed by atoms with Crippen molar-refractivity contribution in [2.24, 2.45) is 28.1 Å². The number of nitrogens with one attached hydrogen (secondary N) is 5. The van der Waals surface area contributed by atoms with Gasteiger partial charge in [-0.1, -0.05) is 74.5 Å². The number of likely N-dealkylation sites (tertiary alicyclic amines) is 1. The Balaban J connectivity index is 1.71. The third-order valence-corrected chi connectivity index (χ3v) is 9.58. The Morgan fingerprint density at radius 1 is 0.831 bits per heavy atom. The van der Waals surface area contributed by atoms with Crippen molar-refractivity contribution in [1.29, 1.82) is 0 Å². The van der Waals surface area contributed by atoms with E-state index in [2.05, 4.69) is 31.6 Å². The van der Waals surface area contributed by atoms with E-state index in [1.54, 1.807) is 44.2 Å². The third kappa shape index (κ3) is 15.8. The van der Waals surface area contributed by atoms with E-state index >= 15 is 0 Å². The van der Waals surface area contributed by atoms with Crippen LogP contribution < -0.4 is 43.8 Å². The topological polar surface area (TPSA) is 311 Å². The molecule has 0 saturated carbocycles. The number of carboxylic acids is 1. The quantitative estimate of drug-likeness (QED) is 0.0261. The van der Waals surface area contributed by atoms with Crippen molar-refractivity contribution in [1.82, 2.24) is 31.5 Å². The lowest BCUT2D eigenvalue weighted by molar-refractivity contribution is -0.146. The van der Waals surface area contributed by atoms with Gasteiger partial charge in [0.1, 0.15) is 30.5 Å². The van der Waals surface area contributed by atoms with Crippen molar-refractivity contribution in [2.75, 3.05) is 19.6 Å². The van der Waals surface area contributed by atoms with Crippen LogP contribution in [0, 0.1) is 5.92 Å². The number of hydrogen-bond acceptors (Lipinski definition) is 10. The van der Waals surface area contributed by atoms with Crippen LogP contribution in [-0.4, -0.2) is 120 Å². The Kier molecular flexibility index (Phi) is 18.9. The van der Waals surface area contributed by atoms with Crippen LogP contribution in [0.1, 0.15) is 57.1 Å². The number of carbonyl (C=O) groups is 8. The molecule has 0 spiro atoms. The number of nitrogens with two attached hydrogens (primary N) is 3. The van der Waals surface area contributed by atoms with E-state index in [4.69, 9.17) is 17.2 Å². The van der Waals surface area contributed by atoms with E-state index in [0.29, 0.717) is 18.3 Å². The first-order valence-electron chi connectivity index (χ1n) is 19.4. The maximum Gasteiger partial charge on any atom is 0.305 e. The summed E-state index contributed by atoms with van der Waals surface area (Å²) in [5.74, 6) is -6.23. The van der Waals surface area contributed by atoms with Crippen molar-refractivity contribution in [3.8, 4) is 0 Å². The van der Waals surface area contributed by atoms with Crippen molar-refractivity contribution < 1.29 is 43.5 Å². The molecule has 1 aliphatic heterocycles. The highest BCUT2D eigenvalue weighted by Crippen LogP contribution is 2.20. The van der Waals surface area contributed by atoms with Gasteiger partial charge in [-0.05, 0) is 49.1 Å². The molecular weight excluding hydrogens is 765 g/mol. The monoisotopic (exact) mass is 820 g/mol.